The second-order valence-electron chi connectivity index (χ2n) is 6.07. The van der Waals surface area contributed by atoms with Crippen LogP contribution < -0.4 is 20.7 Å². The smallest absolute Gasteiger partial charge is 0.255 e. The van der Waals surface area contributed by atoms with Crippen LogP contribution in [0, 0.1) is 0 Å². The molecule has 1 aromatic heterocycles. The Bertz CT molecular complexity index is 742. The lowest BCUT2D eigenvalue weighted by Crippen LogP contribution is -2.46. The second-order valence-corrected chi connectivity index (χ2v) is 6.07. The minimum Gasteiger partial charge on any atom is -0.495 e. The minimum atomic E-state index is -0.134. The lowest BCUT2D eigenvalue weighted by molar-refractivity contribution is 0.0948. The van der Waals surface area contributed by atoms with Gasteiger partial charge in [0.1, 0.15) is 11.6 Å². The van der Waals surface area contributed by atoms with Crippen molar-refractivity contribution < 1.29 is 9.53 Å². The van der Waals surface area contributed by atoms with Crippen LogP contribution in [-0.4, -0.2) is 62.2 Å². The summed E-state index contributed by atoms with van der Waals surface area (Å²) in [5.41, 5.74) is 1.28. The maximum Gasteiger partial charge on any atom is 0.255 e. The maximum atomic E-state index is 12.6. The number of carbonyl (C=O) groups excluding carboxylic acids is 1. The topological polar surface area (TPSA) is 78.5 Å². The van der Waals surface area contributed by atoms with Gasteiger partial charge in [-0.3, -0.25) is 9.69 Å². The van der Waals surface area contributed by atoms with E-state index in [0.29, 0.717) is 23.7 Å². The number of anilines is 2. The Balaban J connectivity index is 0.00000196. The van der Waals surface area contributed by atoms with Gasteiger partial charge in [0.25, 0.3) is 5.91 Å². The van der Waals surface area contributed by atoms with Gasteiger partial charge >= 0.3 is 0 Å². The van der Waals surface area contributed by atoms with E-state index < -0.39 is 0 Å². The summed E-state index contributed by atoms with van der Waals surface area (Å²) in [6, 6.07) is 11.1. The van der Waals surface area contributed by atoms with Crippen molar-refractivity contribution in [2.45, 2.75) is 0 Å². The van der Waals surface area contributed by atoms with Gasteiger partial charge in [-0.05, 0) is 24.3 Å². The molecule has 1 saturated heterocycles. The molecule has 1 aliphatic rings. The molecule has 154 valence electrons. The number of carbonyl (C=O) groups is 1. The van der Waals surface area contributed by atoms with Crippen LogP contribution in [0.2, 0.25) is 0 Å². The number of hydrogen-bond donors (Lipinski definition) is 3. The number of amides is 1. The first kappa shape index (κ1) is 24.0. The first-order chi connectivity index (χ1) is 12.8. The predicted molar refractivity (Wildman–Crippen MR) is 117 cm³/mol. The molecular formula is C19H27Cl2N5O2. The molecule has 3 rings (SSSR count). The fourth-order valence-electron chi connectivity index (χ4n) is 2.92. The lowest BCUT2D eigenvalue weighted by atomic mass is 10.2. The number of benzene rings is 1. The van der Waals surface area contributed by atoms with Crippen LogP contribution in [0.15, 0.2) is 42.6 Å². The lowest BCUT2D eigenvalue weighted by Gasteiger charge is -2.27. The predicted octanol–water partition coefficient (Wildman–Crippen LogP) is 2.31. The number of halogens is 2. The highest BCUT2D eigenvalue weighted by Gasteiger charge is 2.14. The van der Waals surface area contributed by atoms with Gasteiger partial charge in [0, 0.05) is 45.5 Å². The van der Waals surface area contributed by atoms with Gasteiger partial charge in [-0.2, -0.15) is 0 Å². The van der Waals surface area contributed by atoms with Crippen molar-refractivity contribution in [1.82, 2.24) is 20.5 Å². The number of aromatic nitrogens is 1. The molecule has 0 bridgehead atoms. The molecule has 0 radical (unpaired) electrons. The molecular weight excluding hydrogens is 401 g/mol. The number of ether oxygens (including phenoxy) is 1. The van der Waals surface area contributed by atoms with E-state index in [4.69, 9.17) is 4.74 Å². The molecule has 2 aromatic rings. The zero-order chi connectivity index (χ0) is 18.2. The molecule has 0 unspecified atom stereocenters. The number of methoxy groups -OCH3 is 1. The summed E-state index contributed by atoms with van der Waals surface area (Å²) >= 11 is 0. The first-order valence-electron chi connectivity index (χ1n) is 8.84. The summed E-state index contributed by atoms with van der Waals surface area (Å²) in [6.07, 6.45) is 1.66. The molecule has 1 aliphatic heterocycles. The molecule has 0 saturated carbocycles. The van der Waals surface area contributed by atoms with E-state index >= 15 is 0 Å². The van der Waals surface area contributed by atoms with Crippen molar-refractivity contribution >= 4 is 42.2 Å². The molecule has 0 aliphatic carbocycles. The summed E-state index contributed by atoms with van der Waals surface area (Å²) in [5.74, 6) is 1.07. The molecule has 1 fully saturated rings. The van der Waals surface area contributed by atoms with Gasteiger partial charge < -0.3 is 20.7 Å². The SMILES string of the molecule is COc1ccccc1Nc1ncccc1C(=O)NCCN1CCNCC1.Cl.Cl. The number of rotatable bonds is 7. The fraction of sp³-hybridized carbons (Fsp3) is 0.368. The summed E-state index contributed by atoms with van der Waals surface area (Å²) in [4.78, 5) is 19.3. The molecule has 0 spiro atoms. The Kier molecular flexibility index (Phi) is 10.6. The van der Waals surface area contributed by atoms with E-state index in [1.165, 1.54) is 0 Å². The Hall–Kier alpha value is -2.06. The van der Waals surface area contributed by atoms with Crippen LogP contribution in [0.25, 0.3) is 0 Å². The summed E-state index contributed by atoms with van der Waals surface area (Å²) in [7, 11) is 1.61. The number of nitrogens with zero attached hydrogens (tertiary/aromatic N) is 2. The van der Waals surface area contributed by atoms with Crippen molar-refractivity contribution in [3.8, 4) is 5.75 Å². The van der Waals surface area contributed by atoms with Gasteiger partial charge in [-0.25, -0.2) is 4.98 Å². The Morgan fingerprint density at radius 2 is 1.93 bits per heavy atom. The summed E-state index contributed by atoms with van der Waals surface area (Å²) in [5, 5.41) is 9.51. The number of piperazine rings is 1. The van der Waals surface area contributed by atoms with Crippen molar-refractivity contribution in [3.05, 3.63) is 48.2 Å². The van der Waals surface area contributed by atoms with E-state index in [-0.39, 0.29) is 30.7 Å². The standard InChI is InChI=1S/C19H25N5O2.2ClH/c1-26-17-7-3-2-6-16(17)23-18-15(5-4-8-21-18)19(25)22-11-14-24-12-9-20-10-13-24;;/h2-8,20H,9-14H2,1H3,(H,21,23)(H,22,25);2*1H. The molecule has 2 heterocycles. The molecule has 1 amide bonds. The van der Waals surface area contributed by atoms with Gasteiger partial charge in [0.05, 0.1) is 18.4 Å². The maximum absolute atomic E-state index is 12.6. The third kappa shape index (κ3) is 6.53. The number of nitrogens with one attached hydrogen (secondary N) is 3. The zero-order valence-corrected chi connectivity index (χ0v) is 17.4. The van der Waals surface area contributed by atoms with E-state index in [1.54, 1.807) is 25.4 Å². The average Bonchev–Trinajstić information content (AvgIpc) is 2.69. The minimum absolute atomic E-state index is 0. The number of hydrogen-bond acceptors (Lipinski definition) is 6. The highest BCUT2D eigenvalue weighted by atomic mass is 35.5. The zero-order valence-electron chi connectivity index (χ0n) is 15.8. The Labute approximate surface area is 178 Å². The van der Waals surface area contributed by atoms with Gasteiger partial charge in [-0.1, -0.05) is 12.1 Å². The van der Waals surface area contributed by atoms with E-state index in [1.807, 2.05) is 24.3 Å². The molecule has 3 N–H and O–H groups in total. The quantitative estimate of drug-likeness (QED) is 0.629. The number of para-hydroxylation sites is 2. The van der Waals surface area contributed by atoms with Crippen molar-refractivity contribution in [3.63, 3.8) is 0 Å². The van der Waals surface area contributed by atoms with Crippen LogP contribution in [-0.2, 0) is 0 Å². The fourth-order valence-corrected chi connectivity index (χ4v) is 2.92. The first-order valence-corrected chi connectivity index (χ1v) is 8.84. The van der Waals surface area contributed by atoms with Gasteiger partial charge in [0.2, 0.25) is 0 Å². The van der Waals surface area contributed by atoms with Crippen LogP contribution in [0.4, 0.5) is 11.5 Å². The van der Waals surface area contributed by atoms with Gasteiger partial charge in [0.15, 0.2) is 0 Å². The highest BCUT2D eigenvalue weighted by molar-refractivity contribution is 5.99. The van der Waals surface area contributed by atoms with Crippen LogP contribution >= 0.6 is 24.8 Å². The van der Waals surface area contributed by atoms with Crippen molar-refractivity contribution in [1.29, 1.82) is 0 Å². The van der Waals surface area contributed by atoms with E-state index in [2.05, 4.69) is 25.8 Å². The molecule has 28 heavy (non-hydrogen) atoms. The summed E-state index contributed by atoms with van der Waals surface area (Å²) in [6.45, 7) is 5.50. The van der Waals surface area contributed by atoms with Crippen molar-refractivity contribution in [2.75, 3.05) is 51.7 Å². The van der Waals surface area contributed by atoms with E-state index in [9.17, 15) is 4.79 Å². The third-order valence-corrected chi connectivity index (χ3v) is 4.34. The Morgan fingerprint density at radius 3 is 2.68 bits per heavy atom. The van der Waals surface area contributed by atoms with Crippen LogP contribution in [0.1, 0.15) is 10.4 Å². The highest BCUT2D eigenvalue weighted by Crippen LogP contribution is 2.27. The largest absolute Gasteiger partial charge is 0.495 e. The summed E-state index contributed by atoms with van der Waals surface area (Å²) < 4.78 is 5.35. The average molecular weight is 428 g/mol. The number of pyridine rings is 1. The molecule has 0 atom stereocenters. The van der Waals surface area contributed by atoms with Crippen molar-refractivity contribution in [2.24, 2.45) is 0 Å². The van der Waals surface area contributed by atoms with Crippen LogP contribution in [0.3, 0.4) is 0 Å². The molecule has 7 nitrogen and oxygen atoms in total. The third-order valence-electron chi connectivity index (χ3n) is 4.34. The normalized spacial score (nSPS) is 13.6. The monoisotopic (exact) mass is 427 g/mol. The molecule has 9 heteroatoms. The second kappa shape index (κ2) is 12.4. The van der Waals surface area contributed by atoms with Crippen LogP contribution in [0.5, 0.6) is 5.75 Å². The molecule has 1 aromatic carbocycles. The Morgan fingerprint density at radius 1 is 1.18 bits per heavy atom. The van der Waals surface area contributed by atoms with Gasteiger partial charge in [-0.15, -0.1) is 24.8 Å². The van der Waals surface area contributed by atoms with E-state index in [0.717, 1.165) is 38.4 Å².